The van der Waals surface area contributed by atoms with Crippen LogP contribution in [0.2, 0.25) is 0 Å². The van der Waals surface area contributed by atoms with Crippen LogP contribution in [0.25, 0.3) is 0 Å². The molecule has 22 heavy (non-hydrogen) atoms. The standard InChI is InChI=1S/C16H26N4O.HI/c1-3-10-21-15-14(7-4-8-18-15)11-19-16(17)20-9-5-6-13(2)12-20;/h4,7-8,13H,3,5-6,9-12H2,1-2H3,(H2,17,19);1H. The van der Waals surface area contributed by atoms with Crippen molar-refractivity contribution in [3.63, 3.8) is 0 Å². The van der Waals surface area contributed by atoms with E-state index in [0.717, 1.165) is 25.1 Å². The summed E-state index contributed by atoms with van der Waals surface area (Å²) in [5.74, 6) is 1.99. The number of guanidine groups is 1. The molecule has 1 aliphatic heterocycles. The third-order valence-corrected chi connectivity index (χ3v) is 3.69. The van der Waals surface area contributed by atoms with Crippen LogP contribution in [0, 0.1) is 5.92 Å². The van der Waals surface area contributed by atoms with E-state index in [2.05, 4.69) is 28.7 Å². The summed E-state index contributed by atoms with van der Waals surface area (Å²) >= 11 is 0. The number of hydrogen-bond donors (Lipinski definition) is 1. The van der Waals surface area contributed by atoms with Gasteiger partial charge in [-0.15, -0.1) is 24.0 Å². The Morgan fingerprint density at radius 3 is 3.09 bits per heavy atom. The zero-order valence-corrected chi connectivity index (χ0v) is 15.8. The zero-order chi connectivity index (χ0) is 15.1. The van der Waals surface area contributed by atoms with Gasteiger partial charge in [-0.05, 0) is 31.2 Å². The molecule has 2 rings (SSSR count). The van der Waals surface area contributed by atoms with E-state index < -0.39 is 0 Å². The molecule has 1 saturated heterocycles. The number of ether oxygens (including phenoxy) is 1. The number of aliphatic imine (C=N–C) groups is 1. The Hall–Kier alpha value is -1.05. The fraction of sp³-hybridized carbons (Fsp3) is 0.625. The van der Waals surface area contributed by atoms with Crippen molar-refractivity contribution >= 4 is 29.9 Å². The summed E-state index contributed by atoms with van der Waals surface area (Å²) in [5, 5.41) is 0. The predicted molar refractivity (Wildman–Crippen MR) is 101 cm³/mol. The first-order valence-electron chi connectivity index (χ1n) is 7.82. The van der Waals surface area contributed by atoms with Crippen LogP contribution < -0.4 is 10.5 Å². The van der Waals surface area contributed by atoms with Crippen molar-refractivity contribution in [1.82, 2.24) is 9.88 Å². The van der Waals surface area contributed by atoms with Crippen molar-refractivity contribution in [2.45, 2.75) is 39.7 Å². The summed E-state index contributed by atoms with van der Waals surface area (Å²) < 4.78 is 5.65. The average molecular weight is 418 g/mol. The molecule has 6 heteroatoms. The van der Waals surface area contributed by atoms with E-state index in [9.17, 15) is 0 Å². The molecule has 0 spiro atoms. The van der Waals surface area contributed by atoms with Gasteiger partial charge in [-0.1, -0.05) is 19.9 Å². The molecular formula is C16H27IN4O. The zero-order valence-electron chi connectivity index (χ0n) is 13.5. The van der Waals surface area contributed by atoms with Gasteiger partial charge in [0.25, 0.3) is 0 Å². The second-order valence-corrected chi connectivity index (χ2v) is 5.68. The smallest absolute Gasteiger partial charge is 0.218 e. The first-order valence-corrected chi connectivity index (χ1v) is 7.82. The maximum absolute atomic E-state index is 6.12. The number of rotatable bonds is 5. The van der Waals surface area contributed by atoms with Crippen LogP contribution >= 0.6 is 24.0 Å². The van der Waals surface area contributed by atoms with Gasteiger partial charge in [0.2, 0.25) is 5.88 Å². The Balaban J connectivity index is 0.00000242. The molecule has 0 aromatic carbocycles. The van der Waals surface area contributed by atoms with Gasteiger partial charge in [-0.25, -0.2) is 9.98 Å². The predicted octanol–water partition coefficient (Wildman–Crippen LogP) is 3.04. The van der Waals surface area contributed by atoms with Crippen LogP contribution in [-0.2, 0) is 6.54 Å². The molecule has 1 unspecified atom stereocenters. The Morgan fingerprint density at radius 2 is 2.36 bits per heavy atom. The van der Waals surface area contributed by atoms with Gasteiger partial charge >= 0.3 is 0 Å². The second kappa shape index (κ2) is 9.86. The summed E-state index contributed by atoms with van der Waals surface area (Å²) in [7, 11) is 0. The number of nitrogens with two attached hydrogens (primary N) is 1. The minimum Gasteiger partial charge on any atom is -0.477 e. The van der Waals surface area contributed by atoms with E-state index in [-0.39, 0.29) is 24.0 Å². The number of halogens is 1. The molecule has 0 amide bonds. The Bertz CT molecular complexity index is 481. The summed E-state index contributed by atoms with van der Waals surface area (Å²) in [6.45, 7) is 7.54. The van der Waals surface area contributed by atoms with Crippen molar-refractivity contribution < 1.29 is 4.74 Å². The highest BCUT2D eigenvalue weighted by Gasteiger charge is 2.17. The molecule has 2 N–H and O–H groups in total. The van der Waals surface area contributed by atoms with Crippen LogP contribution in [0.1, 0.15) is 38.7 Å². The van der Waals surface area contributed by atoms with E-state index in [1.165, 1.54) is 12.8 Å². The molecule has 2 heterocycles. The highest BCUT2D eigenvalue weighted by atomic mass is 127. The van der Waals surface area contributed by atoms with Crippen molar-refractivity contribution in [3.05, 3.63) is 23.9 Å². The number of likely N-dealkylation sites (tertiary alicyclic amines) is 1. The van der Waals surface area contributed by atoms with Gasteiger partial charge in [-0.3, -0.25) is 0 Å². The summed E-state index contributed by atoms with van der Waals surface area (Å²) in [6.07, 6.45) is 5.18. The summed E-state index contributed by atoms with van der Waals surface area (Å²) in [4.78, 5) is 11.0. The van der Waals surface area contributed by atoms with Crippen molar-refractivity contribution in [2.24, 2.45) is 16.6 Å². The first-order chi connectivity index (χ1) is 10.2. The van der Waals surface area contributed by atoms with Crippen LogP contribution in [0.4, 0.5) is 0 Å². The van der Waals surface area contributed by atoms with Gasteiger partial charge in [0, 0.05) is 24.8 Å². The maximum Gasteiger partial charge on any atom is 0.218 e. The fourth-order valence-electron chi connectivity index (χ4n) is 2.54. The van der Waals surface area contributed by atoms with Crippen molar-refractivity contribution in [2.75, 3.05) is 19.7 Å². The Labute approximate surface area is 150 Å². The van der Waals surface area contributed by atoms with Crippen LogP contribution in [0.3, 0.4) is 0 Å². The molecule has 0 bridgehead atoms. The fourth-order valence-corrected chi connectivity index (χ4v) is 2.54. The molecule has 0 aliphatic carbocycles. The third kappa shape index (κ3) is 5.62. The van der Waals surface area contributed by atoms with Gasteiger partial charge < -0.3 is 15.4 Å². The number of hydrogen-bond acceptors (Lipinski definition) is 3. The minimum atomic E-state index is 0. The van der Waals surface area contributed by atoms with Gasteiger partial charge in [0.1, 0.15) is 0 Å². The third-order valence-electron chi connectivity index (χ3n) is 3.69. The average Bonchev–Trinajstić information content (AvgIpc) is 2.51. The Kier molecular flexibility index (Phi) is 8.52. The number of nitrogens with zero attached hydrogens (tertiary/aromatic N) is 3. The molecular weight excluding hydrogens is 391 g/mol. The van der Waals surface area contributed by atoms with Gasteiger partial charge in [0.15, 0.2) is 5.96 Å². The van der Waals surface area contributed by atoms with Crippen molar-refractivity contribution in [3.8, 4) is 5.88 Å². The number of aromatic nitrogens is 1. The van der Waals surface area contributed by atoms with Gasteiger partial charge in [0.05, 0.1) is 13.2 Å². The molecule has 1 aromatic heterocycles. The quantitative estimate of drug-likeness (QED) is 0.454. The highest BCUT2D eigenvalue weighted by Crippen LogP contribution is 2.17. The molecule has 0 saturated carbocycles. The molecule has 5 nitrogen and oxygen atoms in total. The lowest BCUT2D eigenvalue weighted by Crippen LogP contribution is -2.43. The molecule has 1 aromatic rings. The summed E-state index contributed by atoms with van der Waals surface area (Å²) in [5.41, 5.74) is 7.11. The monoisotopic (exact) mass is 418 g/mol. The SMILES string of the molecule is CCCOc1ncccc1CN=C(N)N1CCCC(C)C1.I. The Morgan fingerprint density at radius 1 is 1.55 bits per heavy atom. The number of pyridine rings is 1. The second-order valence-electron chi connectivity index (χ2n) is 5.68. The van der Waals surface area contributed by atoms with E-state index in [1.807, 2.05) is 12.1 Å². The summed E-state index contributed by atoms with van der Waals surface area (Å²) in [6, 6.07) is 3.90. The molecule has 1 atom stereocenters. The maximum atomic E-state index is 6.12. The van der Waals surface area contributed by atoms with Crippen LogP contribution in [-0.4, -0.2) is 35.5 Å². The van der Waals surface area contributed by atoms with E-state index in [1.54, 1.807) is 6.20 Å². The van der Waals surface area contributed by atoms with Crippen molar-refractivity contribution in [1.29, 1.82) is 0 Å². The number of piperidine rings is 1. The lowest BCUT2D eigenvalue weighted by atomic mass is 10.0. The molecule has 1 fully saturated rings. The lowest BCUT2D eigenvalue weighted by molar-refractivity contribution is 0.270. The minimum absolute atomic E-state index is 0. The van der Waals surface area contributed by atoms with Crippen LogP contribution in [0.15, 0.2) is 23.3 Å². The van der Waals surface area contributed by atoms with Crippen LogP contribution in [0.5, 0.6) is 5.88 Å². The largest absolute Gasteiger partial charge is 0.477 e. The normalized spacial score (nSPS) is 18.7. The van der Waals surface area contributed by atoms with E-state index >= 15 is 0 Å². The lowest BCUT2D eigenvalue weighted by Gasteiger charge is -2.31. The van der Waals surface area contributed by atoms with Gasteiger partial charge in [-0.2, -0.15) is 0 Å². The molecule has 1 aliphatic rings. The topological polar surface area (TPSA) is 63.7 Å². The molecule has 124 valence electrons. The van der Waals surface area contributed by atoms with E-state index in [4.69, 9.17) is 10.5 Å². The van der Waals surface area contributed by atoms with E-state index in [0.29, 0.717) is 30.9 Å². The highest BCUT2D eigenvalue weighted by molar-refractivity contribution is 14.0. The molecule has 0 radical (unpaired) electrons. The first kappa shape index (κ1) is 19.0.